The summed E-state index contributed by atoms with van der Waals surface area (Å²) in [7, 11) is 0. The Morgan fingerprint density at radius 3 is 2.25 bits per heavy atom. The molecule has 0 saturated carbocycles. The van der Waals surface area contributed by atoms with Crippen LogP contribution in [0, 0.1) is 5.92 Å². The maximum atomic E-state index is 13.1. The maximum absolute atomic E-state index is 13.1. The summed E-state index contributed by atoms with van der Waals surface area (Å²) >= 11 is 0. The van der Waals surface area contributed by atoms with Gasteiger partial charge in [0.2, 0.25) is 0 Å². The number of hydrogen-bond donors (Lipinski definition) is 0. The number of hydrogen-bond acceptors (Lipinski definition) is 5. The first-order chi connectivity index (χ1) is 13.3. The molecule has 0 saturated heterocycles. The van der Waals surface area contributed by atoms with Gasteiger partial charge >= 0.3 is 12.2 Å². The van der Waals surface area contributed by atoms with Crippen molar-refractivity contribution in [1.29, 1.82) is 0 Å². The average molecular weight is 388 g/mol. The number of carbonyl (C=O) groups excluding carboxylic acids is 2. The van der Waals surface area contributed by atoms with Crippen molar-refractivity contribution >= 4 is 12.2 Å². The summed E-state index contributed by atoms with van der Waals surface area (Å²) in [6.45, 7) is 9.64. The molecule has 152 valence electrons. The summed E-state index contributed by atoms with van der Waals surface area (Å²) in [5, 5.41) is 2.63. The van der Waals surface area contributed by atoms with Crippen LogP contribution in [0.3, 0.4) is 0 Å². The van der Waals surface area contributed by atoms with Crippen LogP contribution >= 0.6 is 0 Å². The first-order valence-electron chi connectivity index (χ1n) is 9.73. The molecule has 1 aromatic carbocycles. The molecular weight excluding hydrogens is 360 g/mol. The third-order valence-corrected chi connectivity index (χ3v) is 4.61. The summed E-state index contributed by atoms with van der Waals surface area (Å²) in [6.07, 6.45) is -1.13. The molecule has 0 aliphatic carbocycles. The van der Waals surface area contributed by atoms with Crippen molar-refractivity contribution in [2.24, 2.45) is 5.92 Å². The zero-order valence-corrected chi connectivity index (χ0v) is 17.0. The van der Waals surface area contributed by atoms with Crippen molar-refractivity contribution in [3.05, 3.63) is 47.4 Å². The third-order valence-electron chi connectivity index (χ3n) is 4.61. The molecule has 0 spiro atoms. The first-order valence-corrected chi connectivity index (χ1v) is 9.73. The van der Waals surface area contributed by atoms with E-state index in [2.05, 4.69) is 0 Å². The van der Waals surface area contributed by atoms with Gasteiger partial charge in [0.1, 0.15) is 11.8 Å². The summed E-state index contributed by atoms with van der Waals surface area (Å²) in [4.78, 5) is 26.1. The molecule has 0 bridgehead atoms. The molecule has 2 aliphatic heterocycles. The number of allylic oxidation sites excluding steroid dienone is 1. The average Bonchev–Trinajstić information content (AvgIpc) is 2.98. The Morgan fingerprint density at radius 2 is 1.64 bits per heavy atom. The SMILES string of the molecule is CC(C)OC(=O)N1C2=C(OCCC2C)C(c2ccccc2)N1C(=O)OC(C)C. The number of ether oxygens (including phenoxy) is 3. The van der Waals surface area contributed by atoms with Crippen LogP contribution in [0.2, 0.25) is 0 Å². The van der Waals surface area contributed by atoms with E-state index in [4.69, 9.17) is 14.2 Å². The van der Waals surface area contributed by atoms with Gasteiger partial charge in [0.15, 0.2) is 0 Å². The summed E-state index contributed by atoms with van der Waals surface area (Å²) in [6, 6.07) is 8.92. The van der Waals surface area contributed by atoms with Gasteiger partial charge in [-0.1, -0.05) is 37.3 Å². The highest BCUT2D eigenvalue weighted by molar-refractivity contribution is 5.78. The largest absolute Gasteiger partial charge is 0.493 e. The Labute approximate surface area is 165 Å². The van der Waals surface area contributed by atoms with Crippen LogP contribution in [0.5, 0.6) is 0 Å². The molecule has 2 aliphatic rings. The van der Waals surface area contributed by atoms with E-state index >= 15 is 0 Å². The van der Waals surface area contributed by atoms with Gasteiger partial charge in [0.25, 0.3) is 0 Å². The molecule has 7 nitrogen and oxygen atoms in total. The van der Waals surface area contributed by atoms with Crippen molar-refractivity contribution in [2.45, 2.75) is 59.3 Å². The topological polar surface area (TPSA) is 68.3 Å². The van der Waals surface area contributed by atoms with Gasteiger partial charge in [0, 0.05) is 5.92 Å². The molecule has 0 aromatic heterocycles. The highest BCUT2D eigenvalue weighted by Gasteiger charge is 2.51. The summed E-state index contributed by atoms with van der Waals surface area (Å²) in [5.41, 5.74) is 1.50. The van der Waals surface area contributed by atoms with Crippen molar-refractivity contribution in [3.63, 3.8) is 0 Å². The van der Waals surface area contributed by atoms with Crippen molar-refractivity contribution < 1.29 is 23.8 Å². The zero-order chi connectivity index (χ0) is 20.4. The minimum atomic E-state index is -0.616. The second-order valence-corrected chi connectivity index (χ2v) is 7.62. The van der Waals surface area contributed by atoms with E-state index in [-0.39, 0.29) is 18.1 Å². The predicted octanol–water partition coefficient (Wildman–Crippen LogP) is 4.62. The van der Waals surface area contributed by atoms with Gasteiger partial charge in [-0.3, -0.25) is 0 Å². The van der Waals surface area contributed by atoms with E-state index in [1.54, 1.807) is 27.7 Å². The molecule has 2 amide bonds. The van der Waals surface area contributed by atoms with E-state index in [1.165, 1.54) is 10.0 Å². The Kier molecular flexibility index (Phi) is 5.82. The number of rotatable bonds is 3. The smallest absolute Gasteiger partial charge is 0.433 e. The minimum Gasteiger partial charge on any atom is -0.493 e. The fraction of sp³-hybridized carbons (Fsp3) is 0.524. The Balaban J connectivity index is 2.12. The van der Waals surface area contributed by atoms with Gasteiger partial charge in [-0.05, 0) is 39.7 Å². The Hall–Kier alpha value is -2.70. The molecule has 0 N–H and O–H groups in total. The molecule has 2 unspecified atom stereocenters. The minimum absolute atomic E-state index is 0.0338. The molecule has 1 aromatic rings. The lowest BCUT2D eigenvalue weighted by Gasteiger charge is -2.33. The van der Waals surface area contributed by atoms with Crippen LogP contribution in [-0.4, -0.2) is 41.0 Å². The van der Waals surface area contributed by atoms with Gasteiger partial charge in [0.05, 0.1) is 24.5 Å². The second kappa shape index (κ2) is 8.12. The van der Waals surface area contributed by atoms with Crippen LogP contribution in [0.4, 0.5) is 9.59 Å². The highest BCUT2D eigenvalue weighted by Crippen LogP contribution is 2.46. The molecule has 7 heteroatoms. The predicted molar refractivity (Wildman–Crippen MR) is 103 cm³/mol. The number of benzene rings is 1. The monoisotopic (exact) mass is 388 g/mol. The molecular formula is C21H28N2O5. The lowest BCUT2D eigenvalue weighted by molar-refractivity contribution is -0.0246. The molecule has 2 atom stereocenters. The summed E-state index contributed by atoms with van der Waals surface area (Å²) < 4.78 is 16.9. The number of amides is 2. The Morgan fingerprint density at radius 1 is 1.04 bits per heavy atom. The summed E-state index contributed by atoms with van der Waals surface area (Å²) in [5.74, 6) is 0.637. The number of nitrogens with zero attached hydrogens (tertiary/aromatic N) is 2. The van der Waals surface area contributed by atoms with E-state index in [0.29, 0.717) is 18.1 Å². The lowest BCUT2D eigenvalue weighted by atomic mass is 9.97. The van der Waals surface area contributed by atoms with E-state index in [0.717, 1.165) is 12.0 Å². The van der Waals surface area contributed by atoms with Crippen LogP contribution in [-0.2, 0) is 14.2 Å². The fourth-order valence-electron chi connectivity index (χ4n) is 3.48. The van der Waals surface area contributed by atoms with Crippen LogP contribution in [0.15, 0.2) is 41.8 Å². The van der Waals surface area contributed by atoms with E-state index in [9.17, 15) is 9.59 Å². The molecule has 3 rings (SSSR count). The number of hydrazine groups is 1. The van der Waals surface area contributed by atoms with Gasteiger partial charge in [-0.25, -0.2) is 9.59 Å². The van der Waals surface area contributed by atoms with Crippen LogP contribution in [0.25, 0.3) is 0 Å². The van der Waals surface area contributed by atoms with E-state index < -0.39 is 18.2 Å². The fourth-order valence-corrected chi connectivity index (χ4v) is 3.48. The maximum Gasteiger partial charge on any atom is 0.433 e. The van der Waals surface area contributed by atoms with Crippen molar-refractivity contribution in [1.82, 2.24) is 10.0 Å². The number of carbonyl (C=O) groups is 2. The Bertz CT molecular complexity index is 759. The van der Waals surface area contributed by atoms with Crippen LogP contribution < -0.4 is 0 Å². The molecule has 28 heavy (non-hydrogen) atoms. The van der Waals surface area contributed by atoms with Crippen molar-refractivity contribution in [3.8, 4) is 0 Å². The highest BCUT2D eigenvalue weighted by atomic mass is 16.6. The molecule has 0 fully saturated rings. The normalized spacial score (nSPS) is 21.7. The van der Waals surface area contributed by atoms with Crippen molar-refractivity contribution in [2.75, 3.05) is 6.61 Å². The quantitative estimate of drug-likeness (QED) is 0.756. The lowest BCUT2D eigenvalue weighted by Crippen LogP contribution is -2.48. The first kappa shape index (κ1) is 20.0. The zero-order valence-electron chi connectivity index (χ0n) is 17.0. The molecule has 0 radical (unpaired) electrons. The standard InChI is InChI=1S/C21H28N2O5/c1-13(2)27-20(24)22-17-15(5)11-12-26-19(17)18(16-9-7-6-8-10-16)23(22)21(25)28-14(3)4/h6-10,13-15,18H,11-12H2,1-5H3. The van der Waals surface area contributed by atoms with Gasteiger partial charge in [-0.2, -0.15) is 10.0 Å². The molecule has 2 heterocycles. The van der Waals surface area contributed by atoms with E-state index in [1.807, 2.05) is 37.3 Å². The van der Waals surface area contributed by atoms with Gasteiger partial charge in [-0.15, -0.1) is 0 Å². The second-order valence-electron chi connectivity index (χ2n) is 7.62. The van der Waals surface area contributed by atoms with Gasteiger partial charge < -0.3 is 14.2 Å². The van der Waals surface area contributed by atoms with Crippen LogP contribution in [0.1, 0.15) is 52.6 Å². The third kappa shape index (κ3) is 3.79.